The molecule has 0 heterocycles. The van der Waals surface area contributed by atoms with Crippen molar-refractivity contribution in [2.75, 3.05) is 19.6 Å². The van der Waals surface area contributed by atoms with E-state index in [0.717, 1.165) is 45.4 Å². The molecule has 0 radical (unpaired) electrons. The number of rotatable bonds is 25. The van der Waals surface area contributed by atoms with Gasteiger partial charge in [-0.3, -0.25) is 14.2 Å². The van der Waals surface area contributed by atoms with Gasteiger partial charge in [0, 0.05) is 0 Å². The predicted octanol–water partition coefficient (Wildman–Crippen LogP) is 10.8. The van der Waals surface area contributed by atoms with E-state index in [4.69, 9.17) is 14.2 Å². The highest BCUT2D eigenvalue weighted by atomic mass is 31.2. The Labute approximate surface area is 336 Å². The number of allylic oxidation sites excluding steroid dienone is 7. The number of hydrogen-bond donors (Lipinski definition) is 3. The fraction of sp³-hybridized carbons (Fsp3) is 0.478. The van der Waals surface area contributed by atoms with Crippen molar-refractivity contribution in [2.24, 2.45) is 0 Å². The van der Waals surface area contributed by atoms with E-state index in [-0.39, 0.29) is 38.3 Å². The number of nitrogens with one attached hydrogen (secondary N) is 2. The summed E-state index contributed by atoms with van der Waals surface area (Å²) < 4.78 is 32.8. The van der Waals surface area contributed by atoms with Crippen LogP contribution < -0.4 is 14.9 Å². The van der Waals surface area contributed by atoms with Crippen LogP contribution in [0.1, 0.15) is 121 Å². The number of unbranched alkanes of at least 4 members (excludes halogenated alkanes) is 1. The maximum Gasteiger partial charge on any atom is 0.323 e. The van der Waals surface area contributed by atoms with Gasteiger partial charge in [-0.05, 0) is 125 Å². The van der Waals surface area contributed by atoms with E-state index >= 15 is 4.57 Å². The summed E-state index contributed by atoms with van der Waals surface area (Å²) in [7, 11) is -3.92. The molecule has 0 aromatic heterocycles. The fourth-order valence-electron chi connectivity index (χ4n) is 6.14. The van der Waals surface area contributed by atoms with Gasteiger partial charge in [-0.25, -0.2) is 10.2 Å². The fourth-order valence-corrected chi connectivity index (χ4v) is 8.10. The summed E-state index contributed by atoms with van der Waals surface area (Å²) in [5.74, 6) is -0.101. The second-order valence-electron chi connectivity index (χ2n) is 14.5. The van der Waals surface area contributed by atoms with E-state index in [2.05, 4.69) is 30.6 Å². The molecule has 0 saturated heterocycles. The van der Waals surface area contributed by atoms with Crippen LogP contribution in [-0.2, 0) is 30.0 Å². The van der Waals surface area contributed by atoms with E-state index in [1.165, 1.54) is 0 Å². The standard InChI is InChI=1S/C46H67N2O7P/c1-11-16-18-19-21-34(8)26-42(45(50)53-24-14-4)47-56(52,48-43(31-37(15-5)20-13-3)46(51)54-25-17-12-2)32-55-39-27-35(9)41(36(10)28-39)30-38-22-23-44(49)40(29-38)33(6)7/h11,13,15-16,18,20-23,27-29,33,42-43,49H,1,12,14,17,19,24-26,30-32H2,2-10H3,(H2,47,48,52)/b18-16-,20-13-,34-21+,37-15+/t42?,43-,56?/m0/s1. The topological polar surface area (TPSA) is 123 Å². The Morgan fingerprint density at radius 3 is 2.16 bits per heavy atom. The third kappa shape index (κ3) is 16.5. The SMILES string of the molecule is C=C/C=C\C/C=C(\C)CC(NP(=O)(COc1cc(C)c(Cc2ccc(O)c(C(C)C)c2)c(C)c1)N[C@@H](CC(/C=C\C)=C/C)C(=O)OCCCC)C(=O)OCCC. The van der Waals surface area contributed by atoms with Gasteiger partial charge in [0.25, 0.3) is 0 Å². The quantitative estimate of drug-likeness (QED) is 0.0296. The van der Waals surface area contributed by atoms with E-state index in [9.17, 15) is 14.7 Å². The molecule has 0 spiro atoms. The smallest absolute Gasteiger partial charge is 0.323 e. The van der Waals surface area contributed by atoms with Gasteiger partial charge >= 0.3 is 11.9 Å². The third-order valence-electron chi connectivity index (χ3n) is 9.26. The minimum Gasteiger partial charge on any atom is -0.508 e. The number of ether oxygens (including phenoxy) is 3. The van der Waals surface area contributed by atoms with E-state index in [0.29, 0.717) is 37.2 Å². The second-order valence-corrected chi connectivity index (χ2v) is 16.8. The highest BCUT2D eigenvalue weighted by molar-refractivity contribution is 7.59. The lowest BCUT2D eigenvalue weighted by atomic mass is 9.93. The van der Waals surface area contributed by atoms with Crippen molar-refractivity contribution < 1.29 is 33.5 Å². The molecule has 10 heteroatoms. The number of aromatic hydroxyl groups is 1. The molecule has 308 valence electrons. The number of aryl methyl sites for hydroxylation is 2. The van der Waals surface area contributed by atoms with Crippen molar-refractivity contribution >= 4 is 19.4 Å². The molecule has 2 aromatic rings. The molecule has 3 N–H and O–H groups in total. The first kappa shape index (κ1) is 48.0. The summed E-state index contributed by atoms with van der Waals surface area (Å²) in [5.41, 5.74) is 6.84. The zero-order valence-corrected chi connectivity index (χ0v) is 36.2. The van der Waals surface area contributed by atoms with Gasteiger partial charge in [-0.2, -0.15) is 0 Å². The Hall–Kier alpha value is -4.17. The normalized spacial score (nSPS) is 14.5. The summed E-state index contributed by atoms with van der Waals surface area (Å²) in [6.45, 7) is 21.9. The molecule has 2 rings (SSSR count). The van der Waals surface area contributed by atoms with Crippen molar-refractivity contribution in [1.29, 1.82) is 0 Å². The van der Waals surface area contributed by atoms with Crippen LogP contribution in [0.2, 0.25) is 0 Å². The number of phenols is 1. The molecule has 0 fully saturated rings. The first-order valence-electron chi connectivity index (χ1n) is 19.9. The lowest BCUT2D eigenvalue weighted by molar-refractivity contribution is -0.146. The zero-order valence-electron chi connectivity index (χ0n) is 35.3. The van der Waals surface area contributed by atoms with Crippen LogP contribution >= 0.6 is 7.44 Å². The molecule has 9 nitrogen and oxygen atoms in total. The van der Waals surface area contributed by atoms with Crippen LogP contribution in [0.25, 0.3) is 0 Å². The monoisotopic (exact) mass is 790 g/mol. The van der Waals surface area contributed by atoms with Gasteiger partial charge in [0.05, 0.1) is 13.2 Å². The molecule has 0 aliphatic carbocycles. The average Bonchev–Trinajstić information content (AvgIpc) is 3.16. The van der Waals surface area contributed by atoms with E-state index in [1.54, 1.807) is 12.1 Å². The van der Waals surface area contributed by atoms with Crippen molar-refractivity contribution in [3.05, 3.63) is 118 Å². The van der Waals surface area contributed by atoms with Gasteiger partial charge < -0.3 is 19.3 Å². The van der Waals surface area contributed by atoms with Crippen LogP contribution in [0.15, 0.2) is 90.6 Å². The molecule has 0 amide bonds. The Balaban J connectivity index is 2.58. The number of phenolic OH excluding ortho intramolecular Hbond substituents is 1. The minimum atomic E-state index is -3.92. The Morgan fingerprint density at radius 2 is 1.59 bits per heavy atom. The number of carbonyl (C=O) groups is 2. The van der Waals surface area contributed by atoms with Crippen LogP contribution in [-0.4, -0.2) is 48.7 Å². The van der Waals surface area contributed by atoms with Gasteiger partial charge in [0.1, 0.15) is 23.6 Å². The van der Waals surface area contributed by atoms with Crippen LogP contribution in [0.3, 0.4) is 0 Å². The maximum absolute atomic E-state index is 15.3. The lowest BCUT2D eigenvalue weighted by Gasteiger charge is -2.29. The third-order valence-corrected chi connectivity index (χ3v) is 11.2. The molecule has 0 aliphatic heterocycles. The van der Waals surface area contributed by atoms with Crippen molar-refractivity contribution in [1.82, 2.24) is 10.2 Å². The van der Waals surface area contributed by atoms with Gasteiger partial charge in [-0.1, -0.05) is 107 Å². The average molecular weight is 791 g/mol. The van der Waals surface area contributed by atoms with Gasteiger partial charge in [0.2, 0.25) is 7.44 Å². The van der Waals surface area contributed by atoms with Crippen molar-refractivity contribution in [3.63, 3.8) is 0 Å². The highest BCUT2D eigenvalue weighted by Crippen LogP contribution is 2.40. The van der Waals surface area contributed by atoms with Crippen LogP contribution in [0.4, 0.5) is 0 Å². The molecule has 0 aliphatic rings. The molecular weight excluding hydrogens is 723 g/mol. The van der Waals surface area contributed by atoms with Crippen molar-refractivity contribution in [2.45, 2.75) is 125 Å². The Morgan fingerprint density at radius 1 is 0.946 bits per heavy atom. The molecular formula is C46H67N2O7P. The maximum atomic E-state index is 15.3. The lowest BCUT2D eigenvalue weighted by Crippen LogP contribution is -2.45. The highest BCUT2D eigenvalue weighted by Gasteiger charge is 2.36. The molecule has 3 atom stereocenters. The molecule has 2 unspecified atom stereocenters. The van der Waals surface area contributed by atoms with Gasteiger partial charge in [0.15, 0.2) is 6.35 Å². The summed E-state index contributed by atoms with van der Waals surface area (Å²) in [6, 6.07) is 7.55. The molecule has 56 heavy (non-hydrogen) atoms. The summed E-state index contributed by atoms with van der Waals surface area (Å²) in [6.07, 6.45) is 16.7. The molecule has 2 aromatic carbocycles. The predicted molar refractivity (Wildman–Crippen MR) is 230 cm³/mol. The van der Waals surface area contributed by atoms with Crippen LogP contribution in [0.5, 0.6) is 11.5 Å². The number of benzene rings is 2. The first-order chi connectivity index (χ1) is 26.7. The number of hydrogen-bond acceptors (Lipinski definition) is 7. The van der Waals surface area contributed by atoms with E-state index in [1.807, 2.05) is 109 Å². The van der Waals surface area contributed by atoms with Gasteiger partial charge in [-0.15, -0.1) is 0 Å². The van der Waals surface area contributed by atoms with Crippen molar-refractivity contribution in [3.8, 4) is 11.5 Å². The minimum absolute atomic E-state index is 0.184. The van der Waals surface area contributed by atoms with Crippen LogP contribution in [0, 0.1) is 13.8 Å². The second kappa shape index (κ2) is 25.2. The summed E-state index contributed by atoms with van der Waals surface area (Å²) in [5, 5.41) is 16.6. The molecule has 0 saturated carbocycles. The zero-order chi connectivity index (χ0) is 41.7. The summed E-state index contributed by atoms with van der Waals surface area (Å²) in [4.78, 5) is 27.2. The first-order valence-corrected chi connectivity index (χ1v) is 21.8. The number of esters is 2. The summed E-state index contributed by atoms with van der Waals surface area (Å²) >= 11 is 0. The Bertz CT molecular complexity index is 1730. The molecule has 0 bridgehead atoms. The largest absolute Gasteiger partial charge is 0.508 e. The number of carbonyl (C=O) groups excluding carboxylic acids is 2. The Kier molecular flexibility index (Phi) is 21.6. The van der Waals surface area contributed by atoms with E-state index < -0.39 is 31.5 Å².